The van der Waals surface area contributed by atoms with Crippen molar-refractivity contribution in [3.05, 3.63) is 0 Å². The first-order valence-corrected chi connectivity index (χ1v) is 23.7. The predicted molar refractivity (Wildman–Crippen MR) is 249 cm³/mol. The molecular weight excluding hydrogens is 837 g/mol. The molecule has 18 heteroatoms. The van der Waals surface area contributed by atoms with Gasteiger partial charge in [-0.2, -0.15) is 0 Å². The summed E-state index contributed by atoms with van der Waals surface area (Å²) >= 11 is 0. The zero-order valence-electron chi connectivity index (χ0n) is 42.1. The Kier molecular flexibility index (Phi) is 26.2. The van der Waals surface area contributed by atoms with Crippen molar-refractivity contribution in [1.29, 1.82) is 0 Å². The van der Waals surface area contributed by atoms with Crippen LogP contribution in [0.25, 0.3) is 0 Å². The summed E-state index contributed by atoms with van der Waals surface area (Å²) in [6.07, 6.45) is 4.98. The maximum Gasteiger partial charge on any atom is 0.247 e. The largest absolute Gasteiger partial charge is 0.379 e. The van der Waals surface area contributed by atoms with Gasteiger partial charge >= 0.3 is 0 Å². The smallest absolute Gasteiger partial charge is 0.247 e. The number of carbonyl (C=O) groups excluding carboxylic acids is 9. The molecule has 2 unspecified atom stereocenters. The SMILES string of the molecule is CCCOC[C@H](NC(=O)[C@H](C)N(C)C(=O)CC(NC(=O)[C@H](CC(C)C)N(C)C(=O)CN(C)C(=O)[C@@H](NC(=O)CC(C)CC)C(C)C)C(=O)N1CCCCC1)C(=O)N(C)[C@H](C=O)CC(C)C. The molecule has 0 aromatic rings. The second-order valence-electron chi connectivity index (χ2n) is 19.1. The molecule has 0 aromatic carbocycles. The van der Waals surface area contributed by atoms with E-state index in [1.807, 2.05) is 48.5 Å². The molecule has 1 heterocycles. The van der Waals surface area contributed by atoms with Gasteiger partial charge in [0.2, 0.25) is 47.3 Å². The highest BCUT2D eigenvalue weighted by Crippen LogP contribution is 2.17. The lowest BCUT2D eigenvalue weighted by Crippen LogP contribution is -2.59. The third-order valence-corrected chi connectivity index (χ3v) is 12.1. The summed E-state index contributed by atoms with van der Waals surface area (Å²) in [5, 5.41) is 8.31. The maximum absolute atomic E-state index is 14.3. The van der Waals surface area contributed by atoms with Gasteiger partial charge in [0.25, 0.3) is 0 Å². The van der Waals surface area contributed by atoms with Crippen LogP contribution in [0.15, 0.2) is 0 Å². The number of ether oxygens (including phenoxy) is 1. The summed E-state index contributed by atoms with van der Waals surface area (Å²) in [5.74, 6) is -4.31. The van der Waals surface area contributed by atoms with E-state index in [1.54, 1.807) is 18.7 Å². The highest BCUT2D eigenvalue weighted by molar-refractivity contribution is 5.97. The second kappa shape index (κ2) is 29.1. The molecule has 1 rings (SSSR count). The van der Waals surface area contributed by atoms with Crippen LogP contribution in [0.2, 0.25) is 0 Å². The van der Waals surface area contributed by atoms with Crippen LogP contribution >= 0.6 is 0 Å². The van der Waals surface area contributed by atoms with Crippen molar-refractivity contribution in [2.45, 2.75) is 163 Å². The summed E-state index contributed by atoms with van der Waals surface area (Å²) in [5.41, 5.74) is 0. The first-order valence-electron chi connectivity index (χ1n) is 23.7. The minimum atomic E-state index is -1.34. The van der Waals surface area contributed by atoms with Gasteiger partial charge in [0.1, 0.15) is 36.5 Å². The fourth-order valence-corrected chi connectivity index (χ4v) is 7.42. The van der Waals surface area contributed by atoms with E-state index in [4.69, 9.17) is 4.74 Å². The Balaban J connectivity index is 3.35. The summed E-state index contributed by atoms with van der Waals surface area (Å²) in [6, 6.07) is -6.29. The first kappa shape index (κ1) is 58.4. The molecule has 372 valence electrons. The molecule has 0 aromatic heterocycles. The quantitative estimate of drug-likeness (QED) is 0.0771. The van der Waals surface area contributed by atoms with Crippen LogP contribution < -0.4 is 16.0 Å². The van der Waals surface area contributed by atoms with Gasteiger partial charge in [0.15, 0.2) is 0 Å². The highest BCUT2D eigenvalue weighted by atomic mass is 16.5. The normalized spacial score (nSPS) is 16.0. The van der Waals surface area contributed by atoms with Gasteiger partial charge in [-0.15, -0.1) is 0 Å². The Hall–Kier alpha value is -4.61. The number of aldehydes is 1. The molecule has 0 spiro atoms. The monoisotopic (exact) mass is 921 g/mol. The van der Waals surface area contributed by atoms with Crippen LogP contribution in [-0.4, -0.2) is 175 Å². The molecule has 0 bridgehead atoms. The Morgan fingerprint density at radius 1 is 0.677 bits per heavy atom. The van der Waals surface area contributed by atoms with Crippen molar-refractivity contribution < 1.29 is 47.9 Å². The average Bonchev–Trinajstić information content (AvgIpc) is 3.26. The van der Waals surface area contributed by atoms with Gasteiger partial charge in [0.05, 0.1) is 25.6 Å². The van der Waals surface area contributed by atoms with Gasteiger partial charge in [-0.05, 0) is 69.1 Å². The first-order chi connectivity index (χ1) is 30.4. The van der Waals surface area contributed by atoms with Crippen molar-refractivity contribution in [2.75, 3.05) is 61.0 Å². The Labute approximate surface area is 389 Å². The summed E-state index contributed by atoms with van der Waals surface area (Å²) in [6.45, 7) is 19.2. The van der Waals surface area contributed by atoms with Crippen molar-refractivity contribution in [2.24, 2.45) is 23.7 Å². The van der Waals surface area contributed by atoms with E-state index in [2.05, 4.69) is 16.0 Å². The van der Waals surface area contributed by atoms with Crippen molar-refractivity contribution in [3.8, 4) is 0 Å². The highest BCUT2D eigenvalue weighted by Gasteiger charge is 2.38. The third-order valence-electron chi connectivity index (χ3n) is 12.1. The van der Waals surface area contributed by atoms with Gasteiger partial charge in [0, 0.05) is 54.3 Å². The molecule has 0 radical (unpaired) electrons. The number of likely N-dealkylation sites (N-methyl/N-ethyl adjacent to an activating group) is 4. The molecular formula is C47H84N8O10. The van der Waals surface area contributed by atoms with Gasteiger partial charge in [-0.25, -0.2) is 0 Å². The summed E-state index contributed by atoms with van der Waals surface area (Å²) < 4.78 is 5.65. The van der Waals surface area contributed by atoms with Crippen molar-refractivity contribution in [1.82, 2.24) is 40.4 Å². The topological polar surface area (TPSA) is 215 Å². The zero-order chi connectivity index (χ0) is 49.7. The lowest BCUT2D eigenvalue weighted by Gasteiger charge is -2.35. The van der Waals surface area contributed by atoms with Crippen LogP contribution in [0, 0.1) is 23.7 Å². The molecule has 7 atom stereocenters. The molecule has 0 aliphatic carbocycles. The molecule has 0 saturated carbocycles. The molecule has 1 aliphatic heterocycles. The van der Waals surface area contributed by atoms with Crippen LogP contribution in [0.1, 0.15) is 127 Å². The number of hydrogen-bond acceptors (Lipinski definition) is 10. The number of hydrogen-bond donors (Lipinski definition) is 3. The number of piperidine rings is 1. The molecule has 65 heavy (non-hydrogen) atoms. The summed E-state index contributed by atoms with van der Waals surface area (Å²) in [7, 11) is 5.81. The van der Waals surface area contributed by atoms with Crippen LogP contribution in [0.4, 0.5) is 0 Å². The van der Waals surface area contributed by atoms with Crippen LogP contribution in [-0.2, 0) is 47.9 Å². The molecule has 8 amide bonds. The number of amides is 8. The zero-order valence-corrected chi connectivity index (χ0v) is 42.1. The Morgan fingerprint density at radius 2 is 1.26 bits per heavy atom. The standard InChI is InChI=1S/C47H84N8O10/c1-15-22-65-29-37(45(62)53(13)35(28-56)23-30(3)4)49-43(60)34(10)52(12)40(58)26-36(46(63)55-20-18-17-19-21-55)48-44(61)38(24-31(5)6)54(14)41(59)27-51(11)47(64)42(32(7)8)50-39(57)25-33(9)16-2/h28,30-38,42H,15-27,29H2,1-14H3,(H,48,61)(H,49,60)(H,50,57)/t33?,34-,35-,36?,37-,38-,42-/m0/s1. The fourth-order valence-electron chi connectivity index (χ4n) is 7.42. The molecule has 3 N–H and O–H groups in total. The van der Waals surface area contributed by atoms with E-state index in [0.29, 0.717) is 38.8 Å². The maximum atomic E-state index is 14.3. The van der Waals surface area contributed by atoms with E-state index >= 15 is 0 Å². The lowest BCUT2D eigenvalue weighted by molar-refractivity contribution is -0.147. The predicted octanol–water partition coefficient (Wildman–Crippen LogP) is 2.61. The molecule has 1 saturated heterocycles. The third kappa shape index (κ3) is 19.4. The molecule has 1 fully saturated rings. The Morgan fingerprint density at radius 3 is 1.78 bits per heavy atom. The van der Waals surface area contributed by atoms with E-state index < -0.39 is 84.0 Å². The van der Waals surface area contributed by atoms with Gasteiger partial charge in [-0.3, -0.25) is 38.4 Å². The molecule has 1 aliphatic rings. The number of nitrogens with one attached hydrogen (secondary N) is 3. The van der Waals surface area contributed by atoms with E-state index in [1.165, 1.54) is 49.8 Å². The van der Waals surface area contributed by atoms with E-state index in [0.717, 1.165) is 30.6 Å². The number of likely N-dealkylation sites (tertiary alicyclic amines) is 1. The number of nitrogens with zero attached hydrogens (tertiary/aromatic N) is 5. The lowest BCUT2D eigenvalue weighted by atomic mass is 10.00. The van der Waals surface area contributed by atoms with Gasteiger partial charge in [-0.1, -0.05) is 68.7 Å². The minimum absolute atomic E-state index is 0.0859. The van der Waals surface area contributed by atoms with Crippen LogP contribution in [0.3, 0.4) is 0 Å². The fraction of sp³-hybridized carbons (Fsp3) is 0.809. The minimum Gasteiger partial charge on any atom is -0.379 e. The van der Waals surface area contributed by atoms with Crippen LogP contribution in [0.5, 0.6) is 0 Å². The van der Waals surface area contributed by atoms with E-state index in [9.17, 15) is 43.2 Å². The second-order valence-corrected chi connectivity index (χ2v) is 19.1. The van der Waals surface area contributed by atoms with Crippen molar-refractivity contribution >= 4 is 53.5 Å². The number of carbonyl (C=O) groups is 9. The van der Waals surface area contributed by atoms with E-state index in [-0.39, 0.29) is 55.6 Å². The van der Waals surface area contributed by atoms with Crippen molar-refractivity contribution in [3.63, 3.8) is 0 Å². The molecule has 18 nitrogen and oxygen atoms in total. The number of rotatable bonds is 28. The summed E-state index contributed by atoms with van der Waals surface area (Å²) in [4.78, 5) is 128. The average molecular weight is 921 g/mol. The Bertz CT molecular complexity index is 1590. The van der Waals surface area contributed by atoms with Gasteiger partial charge < -0.3 is 50.0 Å².